The first-order valence-electron chi connectivity index (χ1n) is 7.27. The van der Waals surface area contributed by atoms with Gasteiger partial charge in [0, 0.05) is 25.2 Å². The van der Waals surface area contributed by atoms with Crippen LogP contribution in [0, 0.1) is 5.92 Å². The van der Waals surface area contributed by atoms with E-state index in [0.29, 0.717) is 12.0 Å². The molecule has 3 heteroatoms. The standard InChI is InChI=1S/C14H29NO2/c1-3-5-6-9-16-12-14(15-8-4-2)13-7-10-17-11-13/h13-15H,3-12H2,1-2H3. The van der Waals surface area contributed by atoms with E-state index in [2.05, 4.69) is 19.2 Å². The highest BCUT2D eigenvalue weighted by atomic mass is 16.5. The van der Waals surface area contributed by atoms with Crippen molar-refractivity contribution in [3.05, 3.63) is 0 Å². The number of nitrogens with one attached hydrogen (secondary N) is 1. The second-order valence-electron chi connectivity index (χ2n) is 4.97. The lowest BCUT2D eigenvalue weighted by molar-refractivity contribution is 0.0848. The van der Waals surface area contributed by atoms with E-state index in [1.54, 1.807) is 0 Å². The molecule has 1 aliphatic heterocycles. The number of rotatable bonds is 10. The van der Waals surface area contributed by atoms with Gasteiger partial charge < -0.3 is 14.8 Å². The van der Waals surface area contributed by atoms with Gasteiger partial charge in [-0.15, -0.1) is 0 Å². The molecule has 0 aromatic carbocycles. The van der Waals surface area contributed by atoms with Gasteiger partial charge in [0.15, 0.2) is 0 Å². The Labute approximate surface area is 106 Å². The summed E-state index contributed by atoms with van der Waals surface area (Å²) in [5, 5.41) is 3.60. The number of hydrogen-bond donors (Lipinski definition) is 1. The molecular weight excluding hydrogens is 214 g/mol. The van der Waals surface area contributed by atoms with Crippen molar-refractivity contribution in [1.29, 1.82) is 0 Å². The molecule has 0 aromatic rings. The molecule has 0 amide bonds. The lowest BCUT2D eigenvalue weighted by atomic mass is 9.99. The van der Waals surface area contributed by atoms with Gasteiger partial charge >= 0.3 is 0 Å². The van der Waals surface area contributed by atoms with Crippen LogP contribution in [0.1, 0.15) is 46.0 Å². The van der Waals surface area contributed by atoms with E-state index in [0.717, 1.165) is 33.0 Å². The fraction of sp³-hybridized carbons (Fsp3) is 1.00. The molecule has 102 valence electrons. The van der Waals surface area contributed by atoms with E-state index in [1.807, 2.05) is 0 Å². The van der Waals surface area contributed by atoms with Gasteiger partial charge in [0.1, 0.15) is 0 Å². The molecule has 1 saturated heterocycles. The third-order valence-corrected chi connectivity index (χ3v) is 3.38. The van der Waals surface area contributed by atoms with Gasteiger partial charge in [0.25, 0.3) is 0 Å². The van der Waals surface area contributed by atoms with E-state index < -0.39 is 0 Å². The molecule has 1 heterocycles. The molecule has 17 heavy (non-hydrogen) atoms. The van der Waals surface area contributed by atoms with Crippen LogP contribution >= 0.6 is 0 Å². The fourth-order valence-electron chi connectivity index (χ4n) is 2.23. The summed E-state index contributed by atoms with van der Waals surface area (Å²) in [6, 6.07) is 0.485. The van der Waals surface area contributed by atoms with Crippen LogP contribution in [-0.4, -0.2) is 39.0 Å². The average molecular weight is 243 g/mol. The SMILES string of the molecule is CCCCCOCC(NCCC)C1CCOC1. The second kappa shape index (κ2) is 9.86. The third kappa shape index (κ3) is 6.39. The zero-order valence-corrected chi connectivity index (χ0v) is 11.5. The molecule has 2 unspecified atom stereocenters. The van der Waals surface area contributed by atoms with Crippen molar-refractivity contribution in [2.45, 2.75) is 52.0 Å². The molecular formula is C14H29NO2. The summed E-state index contributed by atoms with van der Waals surface area (Å²) >= 11 is 0. The summed E-state index contributed by atoms with van der Waals surface area (Å²) < 4.78 is 11.3. The van der Waals surface area contributed by atoms with Gasteiger partial charge in [0.05, 0.1) is 13.2 Å². The maximum atomic E-state index is 5.79. The molecule has 0 radical (unpaired) electrons. The normalized spacial score (nSPS) is 21.9. The van der Waals surface area contributed by atoms with E-state index in [9.17, 15) is 0 Å². The van der Waals surface area contributed by atoms with Gasteiger partial charge in [-0.25, -0.2) is 0 Å². The molecule has 1 fully saturated rings. The summed E-state index contributed by atoms with van der Waals surface area (Å²) in [6.07, 6.45) is 6.09. The smallest absolute Gasteiger partial charge is 0.0623 e. The van der Waals surface area contributed by atoms with E-state index in [4.69, 9.17) is 9.47 Å². The van der Waals surface area contributed by atoms with Crippen molar-refractivity contribution in [3.8, 4) is 0 Å². The maximum absolute atomic E-state index is 5.79. The minimum Gasteiger partial charge on any atom is -0.381 e. The predicted octanol–water partition coefficient (Wildman–Crippen LogP) is 2.60. The molecule has 0 saturated carbocycles. The van der Waals surface area contributed by atoms with Crippen LogP contribution in [0.2, 0.25) is 0 Å². The monoisotopic (exact) mass is 243 g/mol. The number of unbranched alkanes of at least 4 members (excludes halogenated alkanes) is 2. The Morgan fingerprint density at radius 3 is 2.82 bits per heavy atom. The van der Waals surface area contributed by atoms with E-state index in [-0.39, 0.29) is 0 Å². The Bertz CT molecular complexity index is 170. The minimum atomic E-state index is 0.485. The average Bonchev–Trinajstić information content (AvgIpc) is 2.86. The molecule has 0 bridgehead atoms. The van der Waals surface area contributed by atoms with Crippen LogP contribution in [-0.2, 0) is 9.47 Å². The summed E-state index contributed by atoms with van der Waals surface area (Å²) in [4.78, 5) is 0. The number of ether oxygens (including phenoxy) is 2. The lowest BCUT2D eigenvalue weighted by Crippen LogP contribution is -2.41. The predicted molar refractivity (Wildman–Crippen MR) is 71.4 cm³/mol. The quantitative estimate of drug-likeness (QED) is 0.598. The van der Waals surface area contributed by atoms with Crippen molar-refractivity contribution in [2.75, 3.05) is 33.0 Å². The Balaban J connectivity index is 2.15. The topological polar surface area (TPSA) is 30.5 Å². The largest absolute Gasteiger partial charge is 0.381 e. The first-order chi connectivity index (χ1) is 8.38. The molecule has 1 N–H and O–H groups in total. The Hall–Kier alpha value is -0.120. The molecule has 0 spiro atoms. The Morgan fingerprint density at radius 2 is 2.18 bits per heavy atom. The summed E-state index contributed by atoms with van der Waals surface area (Å²) in [7, 11) is 0. The van der Waals surface area contributed by atoms with Gasteiger partial charge in [0.2, 0.25) is 0 Å². The molecule has 0 aliphatic carbocycles. The zero-order chi connectivity index (χ0) is 12.3. The summed E-state index contributed by atoms with van der Waals surface area (Å²) in [6.45, 7) is 9.09. The second-order valence-corrected chi connectivity index (χ2v) is 4.97. The highest BCUT2D eigenvalue weighted by Crippen LogP contribution is 2.17. The minimum absolute atomic E-state index is 0.485. The van der Waals surface area contributed by atoms with Crippen molar-refractivity contribution < 1.29 is 9.47 Å². The van der Waals surface area contributed by atoms with Gasteiger partial charge in [-0.1, -0.05) is 26.7 Å². The summed E-state index contributed by atoms with van der Waals surface area (Å²) in [5.74, 6) is 0.646. The molecule has 0 aromatic heterocycles. The van der Waals surface area contributed by atoms with Crippen LogP contribution in [0.5, 0.6) is 0 Å². The van der Waals surface area contributed by atoms with Crippen LogP contribution in [0.4, 0.5) is 0 Å². The van der Waals surface area contributed by atoms with Crippen molar-refractivity contribution in [2.24, 2.45) is 5.92 Å². The van der Waals surface area contributed by atoms with Crippen molar-refractivity contribution in [3.63, 3.8) is 0 Å². The lowest BCUT2D eigenvalue weighted by Gasteiger charge is -2.23. The molecule has 1 rings (SSSR count). The Morgan fingerprint density at radius 1 is 1.29 bits per heavy atom. The number of hydrogen-bond acceptors (Lipinski definition) is 3. The first kappa shape index (κ1) is 14.9. The van der Waals surface area contributed by atoms with Crippen LogP contribution in [0.25, 0.3) is 0 Å². The maximum Gasteiger partial charge on any atom is 0.0623 e. The van der Waals surface area contributed by atoms with Crippen LogP contribution in [0.3, 0.4) is 0 Å². The van der Waals surface area contributed by atoms with E-state index >= 15 is 0 Å². The molecule has 3 nitrogen and oxygen atoms in total. The van der Waals surface area contributed by atoms with Crippen molar-refractivity contribution >= 4 is 0 Å². The van der Waals surface area contributed by atoms with Gasteiger partial charge in [-0.3, -0.25) is 0 Å². The van der Waals surface area contributed by atoms with Crippen molar-refractivity contribution in [1.82, 2.24) is 5.32 Å². The summed E-state index contributed by atoms with van der Waals surface area (Å²) in [5.41, 5.74) is 0. The van der Waals surface area contributed by atoms with E-state index in [1.165, 1.54) is 32.1 Å². The van der Waals surface area contributed by atoms with Gasteiger partial charge in [-0.05, 0) is 25.8 Å². The zero-order valence-electron chi connectivity index (χ0n) is 11.5. The van der Waals surface area contributed by atoms with Crippen LogP contribution in [0.15, 0.2) is 0 Å². The highest BCUT2D eigenvalue weighted by Gasteiger charge is 2.25. The van der Waals surface area contributed by atoms with Crippen LogP contribution < -0.4 is 5.32 Å². The van der Waals surface area contributed by atoms with Gasteiger partial charge in [-0.2, -0.15) is 0 Å². The first-order valence-corrected chi connectivity index (χ1v) is 7.27. The third-order valence-electron chi connectivity index (χ3n) is 3.38. The fourth-order valence-corrected chi connectivity index (χ4v) is 2.23. The Kier molecular flexibility index (Phi) is 8.67. The highest BCUT2D eigenvalue weighted by molar-refractivity contribution is 4.79. The molecule has 1 aliphatic rings. The molecule has 2 atom stereocenters.